The lowest BCUT2D eigenvalue weighted by Gasteiger charge is -2.17. The van der Waals surface area contributed by atoms with Crippen LogP contribution in [0.2, 0.25) is 0 Å². The maximum Gasteiger partial charge on any atom is -0.0414 e. The number of rotatable bonds is 27. The molecular formula is C31H63. The predicted molar refractivity (Wildman–Crippen MR) is 145 cm³/mol. The molecule has 0 aliphatic carbocycles. The summed E-state index contributed by atoms with van der Waals surface area (Å²) in [4.78, 5) is 0. The molecule has 1 atom stereocenters. The predicted octanol–water partition coefficient (Wildman–Crippen LogP) is 12.0. The third kappa shape index (κ3) is 26.1. The van der Waals surface area contributed by atoms with Crippen LogP contribution in [0.15, 0.2) is 0 Å². The van der Waals surface area contributed by atoms with Crippen LogP contribution >= 0.6 is 0 Å². The molecule has 0 saturated carbocycles. The van der Waals surface area contributed by atoms with Gasteiger partial charge in [0.1, 0.15) is 0 Å². The quantitative estimate of drug-likeness (QED) is 0.112. The van der Waals surface area contributed by atoms with Crippen LogP contribution in [-0.2, 0) is 0 Å². The van der Waals surface area contributed by atoms with Crippen LogP contribution < -0.4 is 0 Å². The van der Waals surface area contributed by atoms with Gasteiger partial charge < -0.3 is 0 Å². The third-order valence-electron chi connectivity index (χ3n) is 7.29. The van der Waals surface area contributed by atoms with E-state index in [4.69, 9.17) is 0 Å². The minimum absolute atomic E-state index is 1.01. The van der Waals surface area contributed by atoms with Gasteiger partial charge in [0.05, 0.1) is 0 Å². The van der Waals surface area contributed by atoms with Gasteiger partial charge in [-0.3, -0.25) is 0 Å². The van der Waals surface area contributed by atoms with Gasteiger partial charge >= 0.3 is 0 Å². The lowest BCUT2D eigenvalue weighted by atomic mass is 9.89. The van der Waals surface area contributed by atoms with Crippen molar-refractivity contribution in [3.63, 3.8) is 0 Å². The first-order chi connectivity index (χ1) is 15.3. The van der Waals surface area contributed by atoms with Gasteiger partial charge in [0.25, 0.3) is 0 Å². The van der Waals surface area contributed by atoms with Crippen molar-refractivity contribution < 1.29 is 0 Å². The summed E-state index contributed by atoms with van der Waals surface area (Å²) in [6.45, 7) is 8.66. The second-order valence-electron chi connectivity index (χ2n) is 10.5. The van der Waals surface area contributed by atoms with Gasteiger partial charge in [0, 0.05) is 0 Å². The van der Waals surface area contributed by atoms with Crippen LogP contribution in [0, 0.1) is 12.8 Å². The SMILES string of the molecule is [CH2]CCCCC(CCCCCCCCC)CCCCCCCCCCCCCCCC. The molecule has 0 N–H and O–H groups in total. The van der Waals surface area contributed by atoms with Gasteiger partial charge in [0.15, 0.2) is 0 Å². The van der Waals surface area contributed by atoms with E-state index in [0.717, 1.165) is 12.3 Å². The minimum Gasteiger partial charge on any atom is -0.0654 e. The Morgan fingerprint density at radius 2 is 0.613 bits per heavy atom. The molecule has 0 aliphatic heterocycles. The Morgan fingerprint density at radius 1 is 0.355 bits per heavy atom. The zero-order valence-corrected chi connectivity index (χ0v) is 22.4. The van der Waals surface area contributed by atoms with Gasteiger partial charge in [-0.1, -0.05) is 194 Å². The van der Waals surface area contributed by atoms with Crippen molar-refractivity contribution >= 4 is 0 Å². The smallest absolute Gasteiger partial charge is 0.0414 e. The first kappa shape index (κ1) is 31.0. The summed E-state index contributed by atoms with van der Waals surface area (Å²) < 4.78 is 0. The van der Waals surface area contributed by atoms with E-state index in [2.05, 4.69) is 20.8 Å². The van der Waals surface area contributed by atoms with E-state index in [0.29, 0.717) is 0 Å². The van der Waals surface area contributed by atoms with E-state index in [1.54, 1.807) is 0 Å². The summed E-state index contributed by atoms with van der Waals surface area (Å²) in [5, 5.41) is 0. The van der Waals surface area contributed by atoms with E-state index >= 15 is 0 Å². The summed E-state index contributed by atoms with van der Waals surface area (Å²) in [6, 6.07) is 0. The molecule has 0 heterocycles. The molecule has 31 heavy (non-hydrogen) atoms. The van der Waals surface area contributed by atoms with Crippen LogP contribution in [0.3, 0.4) is 0 Å². The van der Waals surface area contributed by atoms with Crippen molar-refractivity contribution in [1.29, 1.82) is 0 Å². The highest BCUT2D eigenvalue weighted by molar-refractivity contribution is 4.62. The summed E-state index contributed by atoms with van der Waals surface area (Å²) in [7, 11) is 0. The fourth-order valence-electron chi connectivity index (χ4n) is 5.06. The second kappa shape index (κ2) is 28.0. The molecule has 0 rings (SSSR count). The minimum atomic E-state index is 1.01. The van der Waals surface area contributed by atoms with Gasteiger partial charge in [-0.25, -0.2) is 0 Å². The maximum absolute atomic E-state index is 4.04. The van der Waals surface area contributed by atoms with E-state index < -0.39 is 0 Å². The standard InChI is InChI=1S/C31H63/c1-4-7-10-12-14-15-16-17-18-19-20-22-24-27-30-31(28-25-9-6-3)29-26-23-21-13-11-8-5-2/h31H,3-30H2,1-2H3. The fraction of sp³-hybridized carbons (Fsp3) is 0.968. The van der Waals surface area contributed by atoms with Crippen molar-refractivity contribution in [2.45, 2.75) is 187 Å². The van der Waals surface area contributed by atoms with Crippen molar-refractivity contribution in [3.05, 3.63) is 6.92 Å². The van der Waals surface area contributed by atoms with E-state index in [1.807, 2.05) is 0 Å². The summed E-state index contributed by atoms with van der Waals surface area (Å²) in [5.74, 6) is 1.01. The topological polar surface area (TPSA) is 0 Å². The zero-order chi connectivity index (χ0) is 22.7. The summed E-state index contributed by atoms with van der Waals surface area (Å²) in [6.07, 6.45) is 39.2. The normalized spacial score (nSPS) is 12.5. The Morgan fingerprint density at radius 3 is 0.903 bits per heavy atom. The van der Waals surface area contributed by atoms with Crippen LogP contribution in [0.4, 0.5) is 0 Å². The zero-order valence-electron chi connectivity index (χ0n) is 22.4. The van der Waals surface area contributed by atoms with Crippen LogP contribution in [-0.4, -0.2) is 0 Å². The molecular weight excluding hydrogens is 372 g/mol. The molecule has 1 unspecified atom stereocenters. The molecule has 0 spiro atoms. The molecule has 0 nitrogen and oxygen atoms in total. The molecule has 0 heteroatoms. The number of hydrogen-bond donors (Lipinski definition) is 0. The largest absolute Gasteiger partial charge is 0.0654 e. The molecule has 1 radical (unpaired) electrons. The second-order valence-corrected chi connectivity index (χ2v) is 10.5. The van der Waals surface area contributed by atoms with Gasteiger partial charge in [0.2, 0.25) is 0 Å². The highest BCUT2D eigenvalue weighted by Crippen LogP contribution is 2.24. The van der Waals surface area contributed by atoms with Crippen molar-refractivity contribution in [3.8, 4) is 0 Å². The third-order valence-corrected chi connectivity index (χ3v) is 7.29. The Labute approximate surface area is 200 Å². The molecule has 0 bridgehead atoms. The van der Waals surface area contributed by atoms with Crippen molar-refractivity contribution in [2.24, 2.45) is 5.92 Å². The molecule has 0 aromatic heterocycles. The van der Waals surface area contributed by atoms with E-state index in [1.165, 1.54) is 167 Å². The average Bonchev–Trinajstić information content (AvgIpc) is 2.78. The lowest BCUT2D eigenvalue weighted by molar-refractivity contribution is 0.368. The molecule has 0 fully saturated rings. The number of unbranched alkanes of at least 4 members (excludes halogenated alkanes) is 21. The summed E-state index contributed by atoms with van der Waals surface area (Å²) in [5.41, 5.74) is 0. The Kier molecular flexibility index (Phi) is 28.0. The molecule has 0 aliphatic rings. The highest BCUT2D eigenvalue weighted by Gasteiger charge is 2.08. The monoisotopic (exact) mass is 435 g/mol. The fourth-order valence-corrected chi connectivity index (χ4v) is 5.06. The Hall–Kier alpha value is 0. The molecule has 0 aromatic carbocycles. The Bertz CT molecular complexity index is 294. The van der Waals surface area contributed by atoms with E-state index in [-0.39, 0.29) is 0 Å². The number of hydrogen-bond acceptors (Lipinski definition) is 0. The average molecular weight is 436 g/mol. The van der Waals surface area contributed by atoms with Crippen molar-refractivity contribution in [1.82, 2.24) is 0 Å². The van der Waals surface area contributed by atoms with Gasteiger partial charge in [-0.15, -0.1) is 0 Å². The van der Waals surface area contributed by atoms with Crippen LogP contribution in [0.25, 0.3) is 0 Å². The van der Waals surface area contributed by atoms with Crippen LogP contribution in [0.1, 0.15) is 187 Å². The summed E-state index contributed by atoms with van der Waals surface area (Å²) >= 11 is 0. The Balaban J connectivity index is 3.53. The van der Waals surface area contributed by atoms with Crippen molar-refractivity contribution in [2.75, 3.05) is 0 Å². The maximum atomic E-state index is 4.04. The van der Waals surface area contributed by atoms with Crippen LogP contribution in [0.5, 0.6) is 0 Å². The molecule has 187 valence electrons. The lowest BCUT2D eigenvalue weighted by Crippen LogP contribution is -2.01. The molecule has 0 aromatic rings. The van der Waals surface area contributed by atoms with Gasteiger partial charge in [-0.05, 0) is 5.92 Å². The van der Waals surface area contributed by atoms with E-state index in [9.17, 15) is 0 Å². The molecule has 0 saturated heterocycles. The molecule has 0 amide bonds. The first-order valence-corrected chi connectivity index (χ1v) is 15.1. The first-order valence-electron chi connectivity index (χ1n) is 15.1. The highest BCUT2D eigenvalue weighted by atomic mass is 14.1. The van der Waals surface area contributed by atoms with Gasteiger partial charge in [-0.2, -0.15) is 0 Å².